The highest BCUT2D eigenvalue weighted by Crippen LogP contribution is 2.40. The summed E-state index contributed by atoms with van der Waals surface area (Å²) in [6.07, 6.45) is 2.21. The summed E-state index contributed by atoms with van der Waals surface area (Å²) in [5, 5.41) is 2.92. The molecule has 2 aliphatic rings. The SMILES string of the molecule is CC.CCC1CC/C=C/c2ccc3c(c2)C(CC(C)(C)O3)NC(=O)c2cc(cc(C(F)(F)F)c2)CN(C=O)C(N)=N1. The molecule has 222 valence electrons. The van der Waals surface area contributed by atoms with E-state index in [1.54, 1.807) is 0 Å². The monoisotopic (exact) mass is 572 g/mol. The van der Waals surface area contributed by atoms with Crippen LogP contribution in [0.25, 0.3) is 6.08 Å². The maximum absolute atomic E-state index is 13.8. The number of nitrogens with two attached hydrogens (primary N) is 1. The normalized spacial score (nSPS) is 21.5. The summed E-state index contributed by atoms with van der Waals surface area (Å²) in [5.41, 5.74) is 6.10. The van der Waals surface area contributed by atoms with Crippen molar-refractivity contribution in [2.45, 2.75) is 90.7 Å². The number of hydrogen-bond donors (Lipinski definition) is 2. The first-order valence-corrected chi connectivity index (χ1v) is 14.0. The van der Waals surface area contributed by atoms with Crippen molar-refractivity contribution in [3.63, 3.8) is 0 Å². The van der Waals surface area contributed by atoms with Crippen LogP contribution in [0.15, 0.2) is 47.5 Å². The Morgan fingerprint density at radius 1 is 1.20 bits per heavy atom. The minimum Gasteiger partial charge on any atom is -0.487 e. The number of amides is 2. The smallest absolute Gasteiger partial charge is 0.416 e. The van der Waals surface area contributed by atoms with Crippen LogP contribution in [0.1, 0.15) is 99.0 Å². The number of nitrogens with zero attached hydrogens (tertiary/aromatic N) is 2. The van der Waals surface area contributed by atoms with Crippen LogP contribution in [0.3, 0.4) is 0 Å². The maximum Gasteiger partial charge on any atom is 0.416 e. The van der Waals surface area contributed by atoms with E-state index in [-0.39, 0.29) is 29.7 Å². The molecule has 2 aromatic rings. The van der Waals surface area contributed by atoms with Crippen LogP contribution < -0.4 is 15.8 Å². The average molecular weight is 573 g/mol. The molecule has 3 N–H and O–H groups in total. The minimum absolute atomic E-state index is 0.0879. The van der Waals surface area contributed by atoms with Crippen molar-refractivity contribution in [2.24, 2.45) is 10.7 Å². The molecule has 2 atom stereocenters. The highest BCUT2D eigenvalue weighted by Gasteiger charge is 2.36. The molecule has 0 aromatic heterocycles. The van der Waals surface area contributed by atoms with Gasteiger partial charge in [-0.25, -0.2) is 4.99 Å². The van der Waals surface area contributed by atoms with Crippen molar-refractivity contribution in [2.75, 3.05) is 0 Å². The van der Waals surface area contributed by atoms with E-state index in [1.165, 1.54) is 6.07 Å². The van der Waals surface area contributed by atoms with Gasteiger partial charge in [0.05, 0.1) is 24.2 Å². The van der Waals surface area contributed by atoms with Crippen molar-refractivity contribution in [1.82, 2.24) is 10.2 Å². The van der Waals surface area contributed by atoms with Gasteiger partial charge in [0.1, 0.15) is 11.4 Å². The van der Waals surface area contributed by atoms with Gasteiger partial charge in [-0.15, -0.1) is 0 Å². The van der Waals surface area contributed by atoms with Crippen molar-refractivity contribution in [1.29, 1.82) is 0 Å². The fraction of sp³-hybridized carbons (Fsp3) is 0.452. The Kier molecular flexibility index (Phi) is 10.2. The molecule has 4 bridgehead atoms. The van der Waals surface area contributed by atoms with E-state index in [2.05, 4.69) is 10.3 Å². The lowest BCUT2D eigenvalue weighted by Gasteiger charge is -2.38. The predicted molar refractivity (Wildman–Crippen MR) is 154 cm³/mol. The van der Waals surface area contributed by atoms with Crippen molar-refractivity contribution < 1.29 is 27.5 Å². The molecule has 0 spiro atoms. The number of rotatable bonds is 2. The Morgan fingerprint density at radius 2 is 1.93 bits per heavy atom. The zero-order valence-corrected chi connectivity index (χ0v) is 24.2. The number of allylic oxidation sites excluding steroid dienone is 1. The summed E-state index contributed by atoms with van der Waals surface area (Å²) in [6, 6.07) is 8.12. The third-order valence-corrected chi connectivity index (χ3v) is 6.92. The molecule has 2 aliphatic heterocycles. The first-order chi connectivity index (χ1) is 19.4. The lowest BCUT2D eigenvalue weighted by molar-refractivity contribution is -0.137. The average Bonchev–Trinajstić information content (AvgIpc) is 2.92. The second-order valence-electron chi connectivity index (χ2n) is 10.6. The Bertz CT molecular complexity index is 1300. The van der Waals surface area contributed by atoms with Crippen LogP contribution in [-0.4, -0.2) is 34.8 Å². The number of nitrogens with one attached hydrogen (secondary N) is 1. The molecule has 0 saturated heterocycles. The van der Waals surface area contributed by atoms with Crippen LogP contribution in [-0.2, 0) is 17.5 Å². The topological polar surface area (TPSA) is 97.0 Å². The zero-order chi connectivity index (χ0) is 30.4. The van der Waals surface area contributed by atoms with E-state index in [9.17, 15) is 22.8 Å². The summed E-state index contributed by atoms with van der Waals surface area (Å²) >= 11 is 0. The number of aliphatic imine (C=N–C) groups is 1. The van der Waals surface area contributed by atoms with Gasteiger partial charge in [0.2, 0.25) is 6.41 Å². The van der Waals surface area contributed by atoms with Gasteiger partial charge < -0.3 is 15.8 Å². The zero-order valence-electron chi connectivity index (χ0n) is 24.2. The Labute approximate surface area is 239 Å². The molecule has 0 radical (unpaired) electrons. The van der Waals surface area contributed by atoms with E-state index >= 15 is 0 Å². The highest BCUT2D eigenvalue weighted by molar-refractivity contribution is 5.95. The van der Waals surface area contributed by atoms with Crippen LogP contribution in [0.2, 0.25) is 0 Å². The van der Waals surface area contributed by atoms with Gasteiger partial charge >= 0.3 is 6.18 Å². The number of guanidine groups is 1. The molecule has 2 aromatic carbocycles. The summed E-state index contributed by atoms with van der Waals surface area (Å²) in [5.74, 6) is -0.135. The molecule has 4 rings (SSSR count). The van der Waals surface area contributed by atoms with Gasteiger partial charge in [-0.1, -0.05) is 39.0 Å². The fourth-order valence-corrected chi connectivity index (χ4v) is 4.92. The Hall–Kier alpha value is -3.82. The van der Waals surface area contributed by atoms with Gasteiger partial charge in [-0.2, -0.15) is 13.2 Å². The summed E-state index contributed by atoms with van der Waals surface area (Å²) in [6.45, 7) is 9.48. The van der Waals surface area contributed by atoms with Crippen LogP contribution in [0.5, 0.6) is 5.75 Å². The van der Waals surface area contributed by atoms with E-state index < -0.39 is 29.3 Å². The molecule has 10 heteroatoms. The Balaban J connectivity index is 0.00000226. The fourth-order valence-electron chi connectivity index (χ4n) is 4.92. The van der Waals surface area contributed by atoms with Gasteiger partial charge in [-0.3, -0.25) is 14.5 Å². The second-order valence-corrected chi connectivity index (χ2v) is 10.6. The van der Waals surface area contributed by atoms with Crippen LogP contribution in [0.4, 0.5) is 13.2 Å². The first-order valence-electron chi connectivity index (χ1n) is 14.0. The quantitative estimate of drug-likeness (QED) is 0.395. The maximum atomic E-state index is 13.8. The molecule has 2 amide bonds. The number of hydrogen-bond acceptors (Lipinski definition) is 5. The molecule has 0 aliphatic carbocycles. The lowest BCUT2D eigenvalue weighted by Crippen LogP contribution is -2.41. The molecule has 41 heavy (non-hydrogen) atoms. The van der Waals surface area contributed by atoms with E-state index in [4.69, 9.17) is 10.5 Å². The second kappa shape index (κ2) is 13.2. The molecular weight excluding hydrogens is 533 g/mol. The number of halogens is 3. The number of fused-ring (bicyclic) bond motifs is 3. The van der Waals surface area contributed by atoms with E-state index in [0.29, 0.717) is 37.8 Å². The van der Waals surface area contributed by atoms with Crippen LogP contribution in [0, 0.1) is 0 Å². The molecule has 0 saturated carbocycles. The van der Waals surface area contributed by atoms with Gasteiger partial charge in [0, 0.05) is 17.5 Å². The third kappa shape index (κ3) is 8.11. The first kappa shape index (κ1) is 31.7. The number of benzene rings is 2. The van der Waals surface area contributed by atoms with Gasteiger partial charge in [0.15, 0.2) is 5.96 Å². The summed E-state index contributed by atoms with van der Waals surface area (Å²) < 4.78 is 47.6. The summed E-state index contributed by atoms with van der Waals surface area (Å²) in [4.78, 5) is 30.7. The minimum atomic E-state index is -4.70. The largest absolute Gasteiger partial charge is 0.487 e. The number of carbonyl (C=O) groups is 2. The molecular formula is C31H39F3N4O3. The number of carbonyl (C=O) groups excluding carboxylic acids is 2. The number of ether oxygens (including phenoxy) is 1. The molecule has 2 unspecified atom stereocenters. The molecule has 0 fully saturated rings. The van der Waals surface area contributed by atoms with Gasteiger partial charge in [0.25, 0.3) is 5.91 Å². The van der Waals surface area contributed by atoms with E-state index in [0.717, 1.165) is 28.2 Å². The molecule has 2 heterocycles. The van der Waals surface area contributed by atoms with Crippen molar-refractivity contribution in [3.8, 4) is 5.75 Å². The van der Waals surface area contributed by atoms with E-state index in [1.807, 2.05) is 65.0 Å². The predicted octanol–water partition coefficient (Wildman–Crippen LogP) is 6.62. The standard InChI is InChI=1S/C29H33F3N4O3.C2H6/c1-4-22-8-6-5-7-18-9-10-25-23(13-18)24(15-28(2,3)39-25)35-26(38)20-11-19(12-21(14-20)29(30,31)32)16-36(17-37)27(33)34-22;1-2/h5,7,9-14,17,22,24H,4,6,8,15-16H2,1-3H3,(H2,33,34)(H,35,38);1-2H3/b7-5+;. The lowest BCUT2D eigenvalue weighted by atomic mass is 9.88. The molecule has 7 nitrogen and oxygen atoms in total. The Morgan fingerprint density at radius 3 is 2.59 bits per heavy atom. The highest BCUT2D eigenvalue weighted by atomic mass is 19.4. The van der Waals surface area contributed by atoms with Crippen molar-refractivity contribution >= 4 is 24.4 Å². The summed E-state index contributed by atoms with van der Waals surface area (Å²) in [7, 11) is 0. The van der Waals surface area contributed by atoms with Crippen LogP contribution >= 0.6 is 0 Å². The van der Waals surface area contributed by atoms with Crippen molar-refractivity contribution in [3.05, 3.63) is 70.3 Å². The number of alkyl halides is 3. The van der Waals surface area contributed by atoms with Gasteiger partial charge in [-0.05, 0) is 74.6 Å². The third-order valence-electron chi connectivity index (χ3n) is 6.92.